The van der Waals surface area contributed by atoms with Crippen LogP contribution < -0.4 is 5.32 Å². The summed E-state index contributed by atoms with van der Waals surface area (Å²) in [6.07, 6.45) is 4.62. The van der Waals surface area contributed by atoms with Crippen LogP contribution in [0.2, 0.25) is 0 Å². The van der Waals surface area contributed by atoms with Crippen molar-refractivity contribution in [1.82, 2.24) is 10.3 Å². The molecule has 0 amide bonds. The highest BCUT2D eigenvalue weighted by atomic mass is 32.1. The quantitative estimate of drug-likeness (QED) is 0.802. The molecule has 1 aliphatic carbocycles. The number of hydrogen-bond donors (Lipinski definition) is 1. The second-order valence-electron chi connectivity index (χ2n) is 4.10. The number of nitrogens with one attached hydrogen (secondary N) is 1. The summed E-state index contributed by atoms with van der Waals surface area (Å²) >= 11 is 1.86. The number of fused-ring (bicyclic) bond motifs is 1. The van der Waals surface area contributed by atoms with Crippen LogP contribution in [0.15, 0.2) is 0 Å². The summed E-state index contributed by atoms with van der Waals surface area (Å²) in [4.78, 5) is 6.18. The van der Waals surface area contributed by atoms with E-state index in [1.54, 1.807) is 0 Å². The van der Waals surface area contributed by atoms with E-state index in [0.717, 1.165) is 26.1 Å². The van der Waals surface area contributed by atoms with Crippen molar-refractivity contribution in [2.45, 2.75) is 38.6 Å². The third-order valence-electron chi connectivity index (χ3n) is 3.01. The third kappa shape index (κ3) is 2.62. The SMILES string of the molecule is CCOCCc1nc2c(s1)C(NC)CCC2. The van der Waals surface area contributed by atoms with Crippen molar-refractivity contribution in [3.05, 3.63) is 15.6 Å². The number of ether oxygens (including phenoxy) is 1. The van der Waals surface area contributed by atoms with Crippen LogP contribution in [0, 0.1) is 0 Å². The highest BCUT2D eigenvalue weighted by molar-refractivity contribution is 7.11. The van der Waals surface area contributed by atoms with Crippen LogP contribution in [0.25, 0.3) is 0 Å². The van der Waals surface area contributed by atoms with E-state index >= 15 is 0 Å². The van der Waals surface area contributed by atoms with Gasteiger partial charge in [0.05, 0.1) is 17.3 Å². The maximum Gasteiger partial charge on any atom is 0.0954 e. The van der Waals surface area contributed by atoms with E-state index in [1.807, 2.05) is 25.3 Å². The molecule has 1 N–H and O–H groups in total. The number of aryl methyl sites for hydroxylation is 1. The van der Waals surface area contributed by atoms with E-state index in [2.05, 4.69) is 5.32 Å². The van der Waals surface area contributed by atoms with Gasteiger partial charge < -0.3 is 10.1 Å². The Bertz CT molecular complexity index is 338. The van der Waals surface area contributed by atoms with Gasteiger partial charge in [-0.05, 0) is 33.2 Å². The van der Waals surface area contributed by atoms with Crippen LogP contribution in [-0.4, -0.2) is 25.2 Å². The zero-order valence-electron chi connectivity index (χ0n) is 10.1. The second-order valence-corrected chi connectivity index (χ2v) is 5.21. The minimum Gasteiger partial charge on any atom is -0.381 e. The van der Waals surface area contributed by atoms with E-state index in [1.165, 1.54) is 28.4 Å². The van der Waals surface area contributed by atoms with Crippen LogP contribution in [0.4, 0.5) is 0 Å². The topological polar surface area (TPSA) is 34.1 Å². The molecule has 0 spiro atoms. The van der Waals surface area contributed by atoms with Gasteiger partial charge in [0.1, 0.15) is 0 Å². The first kappa shape index (κ1) is 12.0. The molecule has 4 heteroatoms. The average molecular weight is 240 g/mol. The Hall–Kier alpha value is -0.450. The lowest BCUT2D eigenvalue weighted by Crippen LogP contribution is -2.19. The van der Waals surface area contributed by atoms with Crippen LogP contribution in [-0.2, 0) is 17.6 Å². The molecule has 2 rings (SSSR count). The fourth-order valence-corrected chi connectivity index (χ4v) is 3.40. The van der Waals surface area contributed by atoms with E-state index in [0.29, 0.717) is 6.04 Å². The van der Waals surface area contributed by atoms with Crippen molar-refractivity contribution >= 4 is 11.3 Å². The largest absolute Gasteiger partial charge is 0.381 e. The van der Waals surface area contributed by atoms with Crippen LogP contribution in [0.5, 0.6) is 0 Å². The van der Waals surface area contributed by atoms with Gasteiger partial charge in [-0.3, -0.25) is 0 Å². The zero-order valence-corrected chi connectivity index (χ0v) is 10.9. The van der Waals surface area contributed by atoms with Gasteiger partial charge in [0.2, 0.25) is 0 Å². The van der Waals surface area contributed by atoms with Crippen molar-refractivity contribution in [3.63, 3.8) is 0 Å². The summed E-state index contributed by atoms with van der Waals surface area (Å²) < 4.78 is 5.37. The summed E-state index contributed by atoms with van der Waals surface area (Å²) in [7, 11) is 2.04. The Kier molecular flexibility index (Phi) is 4.32. The van der Waals surface area contributed by atoms with Gasteiger partial charge in [0.15, 0.2) is 0 Å². The fourth-order valence-electron chi connectivity index (χ4n) is 2.16. The molecule has 1 atom stereocenters. The molecule has 1 aromatic rings. The summed E-state index contributed by atoms with van der Waals surface area (Å²) in [6, 6.07) is 0.530. The van der Waals surface area contributed by atoms with Crippen molar-refractivity contribution < 1.29 is 4.74 Å². The monoisotopic (exact) mass is 240 g/mol. The van der Waals surface area contributed by atoms with E-state index < -0.39 is 0 Å². The van der Waals surface area contributed by atoms with Crippen LogP contribution in [0.3, 0.4) is 0 Å². The molecule has 1 unspecified atom stereocenters. The summed E-state index contributed by atoms with van der Waals surface area (Å²) in [6.45, 7) is 3.63. The highest BCUT2D eigenvalue weighted by Crippen LogP contribution is 2.33. The minimum absolute atomic E-state index is 0.530. The highest BCUT2D eigenvalue weighted by Gasteiger charge is 2.22. The minimum atomic E-state index is 0.530. The van der Waals surface area contributed by atoms with Crippen molar-refractivity contribution in [2.75, 3.05) is 20.3 Å². The molecule has 1 aliphatic rings. The molecule has 16 heavy (non-hydrogen) atoms. The molecular weight excluding hydrogens is 220 g/mol. The van der Waals surface area contributed by atoms with Gasteiger partial charge in [0, 0.05) is 23.9 Å². The molecule has 0 aromatic carbocycles. The molecular formula is C12H20N2OS. The van der Waals surface area contributed by atoms with Gasteiger partial charge in [-0.15, -0.1) is 11.3 Å². The molecule has 1 heterocycles. The van der Waals surface area contributed by atoms with Gasteiger partial charge in [-0.2, -0.15) is 0 Å². The first-order valence-corrected chi connectivity index (χ1v) is 6.90. The molecule has 90 valence electrons. The van der Waals surface area contributed by atoms with Crippen molar-refractivity contribution in [1.29, 1.82) is 0 Å². The van der Waals surface area contributed by atoms with Gasteiger partial charge in [-0.1, -0.05) is 0 Å². The predicted octanol–water partition coefficient (Wildman–Crippen LogP) is 2.32. The lowest BCUT2D eigenvalue weighted by atomic mass is 9.98. The van der Waals surface area contributed by atoms with Crippen molar-refractivity contribution in [2.24, 2.45) is 0 Å². The van der Waals surface area contributed by atoms with Crippen molar-refractivity contribution in [3.8, 4) is 0 Å². The van der Waals surface area contributed by atoms with Crippen LogP contribution >= 0.6 is 11.3 Å². The maximum absolute atomic E-state index is 5.37. The van der Waals surface area contributed by atoms with Gasteiger partial charge >= 0.3 is 0 Å². The first-order chi connectivity index (χ1) is 7.85. The summed E-state index contributed by atoms with van der Waals surface area (Å²) in [5.41, 5.74) is 1.32. The van der Waals surface area contributed by atoms with Gasteiger partial charge in [-0.25, -0.2) is 4.98 Å². The maximum atomic E-state index is 5.37. The molecule has 0 fully saturated rings. The molecule has 3 nitrogen and oxygen atoms in total. The average Bonchev–Trinajstić information content (AvgIpc) is 2.71. The third-order valence-corrected chi connectivity index (χ3v) is 4.28. The smallest absolute Gasteiger partial charge is 0.0954 e. The summed E-state index contributed by atoms with van der Waals surface area (Å²) in [5, 5.41) is 4.62. The Morgan fingerprint density at radius 1 is 1.56 bits per heavy atom. The number of rotatable bonds is 5. The molecule has 0 bridgehead atoms. The van der Waals surface area contributed by atoms with E-state index in [4.69, 9.17) is 9.72 Å². The predicted molar refractivity (Wildman–Crippen MR) is 67.0 cm³/mol. The Morgan fingerprint density at radius 3 is 3.19 bits per heavy atom. The lowest BCUT2D eigenvalue weighted by Gasteiger charge is -2.20. The standard InChI is InChI=1S/C12H20N2OS/c1-3-15-8-7-11-14-10-6-4-5-9(13-2)12(10)16-11/h9,13H,3-8H2,1-2H3. The van der Waals surface area contributed by atoms with Crippen LogP contribution in [0.1, 0.15) is 41.4 Å². The molecule has 0 saturated heterocycles. The molecule has 0 saturated carbocycles. The molecule has 0 radical (unpaired) electrons. The Morgan fingerprint density at radius 2 is 2.44 bits per heavy atom. The summed E-state index contributed by atoms with van der Waals surface area (Å²) in [5.74, 6) is 0. The lowest BCUT2D eigenvalue weighted by molar-refractivity contribution is 0.151. The molecule has 0 aliphatic heterocycles. The Labute approximate surface area is 101 Å². The number of hydrogen-bond acceptors (Lipinski definition) is 4. The Balaban J connectivity index is 2.03. The molecule has 1 aromatic heterocycles. The van der Waals surface area contributed by atoms with E-state index in [9.17, 15) is 0 Å². The first-order valence-electron chi connectivity index (χ1n) is 6.08. The fraction of sp³-hybridized carbons (Fsp3) is 0.750. The zero-order chi connectivity index (χ0) is 11.4. The number of aromatic nitrogens is 1. The van der Waals surface area contributed by atoms with Gasteiger partial charge in [0.25, 0.3) is 0 Å². The number of thiazole rings is 1. The second kappa shape index (κ2) is 5.75. The number of nitrogens with zero attached hydrogens (tertiary/aromatic N) is 1. The normalized spacial score (nSPS) is 19.8. The van der Waals surface area contributed by atoms with E-state index in [-0.39, 0.29) is 0 Å².